The van der Waals surface area contributed by atoms with E-state index in [-0.39, 0.29) is 28.0 Å². The highest BCUT2D eigenvalue weighted by atomic mass is 79.9. The van der Waals surface area contributed by atoms with Crippen LogP contribution in [0.1, 0.15) is 30.5 Å². The van der Waals surface area contributed by atoms with Gasteiger partial charge < -0.3 is 5.32 Å². The van der Waals surface area contributed by atoms with E-state index in [0.29, 0.717) is 12.8 Å². The van der Waals surface area contributed by atoms with E-state index in [1.165, 1.54) is 18.2 Å². The molecule has 3 aromatic rings. The van der Waals surface area contributed by atoms with E-state index in [4.69, 9.17) is 23.2 Å². The molecule has 0 saturated heterocycles. The summed E-state index contributed by atoms with van der Waals surface area (Å²) in [7, 11) is -4.13. The summed E-state index contributed by atoms with van der Waals surface area (Å²) in [4.78, 5) is 13.0. The van der Waals surface area contributed by atoms with Crippen molar-refractivity contribution in [2.75, 3.05) is 11.9 Å². The van der Waals surface area contributed by atoms with Crippen molar-refractivity contribution in [3.63, 3.8) is 0 Å². The molecule has 34 heavy (non-hydrogen) atoms. The van der Waals surface area contributed by atoms with Gasteiger partial charge in [0.05, 0.1) is 11.6 Å². The number of nitrogens with one attached hydrogen (secondary N) is 1. The molecule has 180 valence electrons. The first-order valence-electron chi connectivity index (χ1n) is 10.8. The van der Waals surface area contributed by atoms with E-state index < -0.39 is 15.9 Å². The zero-order chi connectivity index (χ0) is 24.9. The molecular weight excluding hydrogens is 559 g/mol. The predicted octanol–water partition coefficient (Wildman–Crippen LogP) is 6.71. The van der Waals surface area contributed by atoms with Crippen LogP contribution in [0.2, 0.25) is 10.0 Å². The van der Waals surface area contributed by atoms with Gasteiger partial charge in [-0.05, 0) is 59.9 Å². The van der Waals surface area contributed by atoms with E-state index in [1.54, 1.807) is 12.1 Å². The average Bonchev–Trinajstić information content (AvgIpc) is 2.81. The summed E-state index contributed by atoms with van der Waals surface area (Å²) in [6, 6.07) is 17.2. The zero-order valence-corrected chi connectivity index (χ0v) is 22.7. The zero-order valence-electron chi connectivity index (χ0n) is 18.8. The van der Waals surface area contributed by atoms with Gasteiger partial charge >= 0.3 is 0 Å². The molecule has 3 aromatic carbocycles. The monoisotopic (exact) mass is 582 g/mol. The molecule has 0 aliphatic carbocycles. The topological polar surface area (TPSA) is 66.5 Å². The second kappa shape index (κ2) is 11.7. The van der Waals surface area contributed by atoms with Crippen LogP contribution < -0.4 is 5.32 Å². The van der Waals surface area contributed by atoms with Crippen LogP contribution in [-0.4, -0.2) is 25.2 Å². The van der Waals surface area contributed by atoms with Gasteiger partial charge in [0.2, 0.25) is 15.9 Å². The normalized spacial score (nSPS) is 11.6. The fourth-order valence-corrected chi connectivity index (χ4v) is 6.28. The van der Waals surface area contributed by atoms with Crippen molar-refractivity contribution < 1.29 is 13.2 Å². The maximum absolute atomic E-state index is 13.6. The van der Waals surface area contributed by atoms with Gasteiger partial charge in [-0.25, -0.2) is 8.42 Å². The van der Waals surface area contributed by atoms with Gasteiger partial charge in [0.15, 0.2) is 0 Å². The minimum atomic E-state index is -4.13. The maximum atomic E-state index is 13.6. The summed E-state index contributed by atoms with van der Waals surface area (Å²) in [5.41, 5.74) is 3.39. The maximum Gasteiger partial charge on any atom is 0.245 e. The number of carbonyl (C=O) groups is 1. The fraction of sp³-hybridized carbons (Fsp3) is 0.240. The molecule has 0 unspecified atom stereocenters. The summed E-state index contributed by atoms with van der Waals surface area (Å²) >= 11 is 15.8. The van der Waals surface area contributed by atoms with Crippen molar-refractivity contribution in [2.45, 2.75) is 38.1 Å². The highest BCUT2D eigenvalue weighted by Crippen LogP contribution is 2.30. The van der Waals surface area contributed by atoms with Crippen molar-refractivity contribution >= 4 is 60.7 Å². The molecule has 0 radical (unpaired) electrons. The molecule has 9 heteroatoms. The van der Waals surface area contributed by atoms with Crippen LogP contribution in [0.3, 0.4) is 0 Å². The Bertz CT molecular complexity index is 1260. The third-order valence-corrected chi connectivity index (χ3v) is 8.29. The van der Waals surface area contributed by atoms with Gasteiger partial charge in [0, 0.05) is 21.7 Å². The highest BCUT2D eigenvalue weighted by molar-refractivity contribution is 9.10. The first-order valence-corrected chi connectivity index (χ1v) is 13.7. The molecule has 5 nitrogen and oxygen atoms in total. The summed E-state index contributed by atoms with van der Waals surface area (Å²) < 4.78 is 29.2. The molecule has 0 fully saturated rings. The second-order valence-corrected chi connectivity index (χ2v) is 11.4. The van der Waals surface area contributed by atoms with Crippen LogP contribution in [0.5, 0.6) is 0 Å². The molecule has 0 atom stereocenters. The number of amides is 1. The number of benzene rings is 3. The van der Waals surface area contributed by atoms with E-state index in [0.717, 1.165) is 31.2 Å². The largest absolute Gasteiger partial charge is 0.324 e. The number of sulfonamides is 1. The van der Waals surface area contributed by atoms with Crippen molar-refractivity contribution in [2.24, 2.45) is 0 Å². The number of hydrogen-bond donors (Lipinski definition) is 1. The molecular formula is C25H25BrCl2N2O3S. The van der Waals surface area contributed by atoms with E-state index in [1.807, 2.05) is 44.2 Å². The summed E-state index contributed by atoms with van der Waals surface area (Å²) in [6.45, 7) is 3.62. The second-order valence-electron chi connectivity index (χ2n) is 7.69. The molecule has 0 spiro atoms. The summed E-state index contributed by atoms with van der Waals surface area (Å²) in [5.74, 6) is -0.440. The number of aryl methyl sites for hydroxylation is 2. The number of rotatable bonds is 9. The molecule has 0 aliphatic heterocycles. The van der Waals surface area contributed by atoms with Crippen LogP contribution >= 0.6 is 39.1 Å². The Balaban J connectivity index is 1.97. The minimum absolute atomic E-state index is 0.00103. The van der Waals surface area contributed by atoms with Gasteiger partial charge in [-0.15, -0.1) is 0 Å². The van der Waals surface area contributed by atoms with Gasteiger partial charge in [0.25, 0.3) is 0 Å². The van der Waals surface area contributed by atoms with Crippen molar-refractivity contribution in [1.29, 1.82) is 0 Å². The third-order valence-electron chi connectivity index (χ3n) is 5.33. The van der Waals surface area contributed by atoms with Crippen molar-refractivity contribution in [3.8, 4) is 0 Å². The van der Waals surface area contributed by atoms with Crippen LogP contribution in [0, 0.1) is 0 Å². The Morgan fingerprint density at radius 2 is 1.59 bits per heavy atom. The lowest BCUT2D eigenvalue weighted by Gasteiger charge is -2.23. The molecule has 3 rings (SSSR count). The van der Waals surface area contributed by atoms with Crippen LogP contribution in [0.4, 0.5) is 5.69 Å². The molecule has 0 bridgehead atoms. The lowest BCUT2D eigenvalue weighted by atomic mass is 10.0. The molecule has 1 amide bonds. The molecule has 0 aliphatic rings. The Morgan fingerprint density at radius 1 is 0.971 bits per heavy atom. The van der Waals surface area contributed by atoms with Gasteiger partial charge in [-0.3, -0.25) is 4.79 Å². The quantitative estimate of drug-likeness (QED) is 0.304. The number of halogens is 3. The van der Waals surface area contributed by atoms with Gasteiger partial charge in [0.1, 0.15) is 4.90 Å². The van der Waals surface area contributed by atoms with Crippen molar-refractivity contribution in [1.82, 2.24) is 4.31 Å². The standard InChI is InChI=1S/C25H25BrCl2N2O3S/c1-3-18-12-20(26)13-19(4-2)25(18)29-24(31)16-30(15-17-8-6-5-7-9-17)34(32,33)23-14-21(27)10-11-22(23)28/h5-14H,3-4,15-16H2,1-2H3,(H,29,31). The Kier molecular flexibility index (Phi) is 9.18. The number of carbonyl (C=O) groups excluding carboxylic acids is 1. The lowest BCUT2D eigenvalue weighted by Crippen LogP contribution is -2.38. The third kappa shape index (κ3) is 6.40. The first-order chi connectivity index (χ1) is 16.1. The van der Waals surface area contributed by atoms with Crippen LogP contribution in [0.25, 0.3) is 0 Å². The SMILES string of the molecule is CCc1cc(Br)cc(CC)c1NC(=O)CN(Cc1ccccc1)S(=O)(=O)c1cc(Cl)ccc1Cl. The Morgan fingerprint density at radius 3 is 2.18 bits per heavy atom. The molecule has 0 heterocycles. The average molecular weight is 584 g/mol. The number of hydrogen-bond acceptors (Lipinski definition) is 3. The van der Waals surface area contributed by atoms with E-state index in [9.17, 15) is 13.2 Å². The molecule has 1 N–H and O–H groups in total. The molecule has 0 saturated carbocycles. The highest BCUT2D eigenvalue weighted by Gasteiger charge is 2.29. The fourth-order valence-electron chi connectivity index (χ4n) is 3.61. The smallest absolute Gasteiger partial charge is 0.245 e. The Hall–Kier alpha value is -1.90. The lowest BCUT2D eigenvalue weighted by molar-refractivity contribution is -0.116. The summed E-state index contributed by atoms with van der Waals surface area (Å²) in [6.07, 6.45) is 1.43. The van der Waals surface area contributed by atoms with Gasteiger partial charge in [-0.1, -0.05) is 83.3 Å². The summed E-state index contributed by atoms with van der Waals surface area (Å²) in [5, 5.41) is 3.23. The van der Waals surface area contributed by atoms with Crippen LogP contribution in [-0.2, 0) is 34.2 Å². The molecule has 0 aromatic heterocycles. The van der Waals surface area contributed by atoms with Crippen LogP contribution in [0.15, 0.2) is 70.0 Å². The van der Waals surface area contributed by atoms with E-state index in [2.05, 4.69) is 21.2 Å². The first kappa shape index (κ1) is 26.7. The van der Waals surface area contributed by atoms with E-state index >= 15 is 0 Å². The van der Waals surface area contributed by atoms with Gasteiger partial charge in [-0.2, -0.15) is 4.31 Å². The van der Waals surface area contributed by atoms with Crippen molar-refractivity contribution in [3.05, 3.63) is 91.9 Å². The minimum Gasteiger partial charge on any atom is -0.324 e. The number of anilines is 1. The predicted molar refractivity (Wildman–Crippen MR) is 142 cm³/mol. The number of nitrogens with zero attached hydrogens (tertiary/aromatic N) is 1. The Labute approximate surface area is 219 Å².